The van der Waals surface area contributed by atoms with Crippen molar-refractivity contribution in [3.05, 3.63) is 53.2 Å². The molecular formula is C16H17ClN2OS. The summed E-state index contributed by atoms with van der Waals surface area (Å²) in [4.78, 5) is 16.1. The second kappa shape index (κ2) is 7.48. The summed E-state index contributed by atoms with van der Waals surface area (Å²) in [6.07, 6.45) is 1.66. The number of thioether (sulfide) groups is 1. The Balaban J connectivity index is 1.88. The molecule has 2 rings (SSSR count). The third-order valence-corrected chi connectivity index (χ3v) is 4.35. The molecule has 1 aromatic carbocycles. The van der Waals surface area contributed by atoms with Crippen LogP contribution >= 0.6 is 23.4 Å². The van der Waals surface area contributed by atoms with E-state index < -0.39 is 0 Å². The van der Waals surface area contributed by atoms with Crippen LogP contribution < -0.4 is 5.32 Å². The molecule has 0 aliphatic rings. The van der Waals surface area contributed by atoms with E-state index in [2.05, 4.69) is 24.1 Å². The lowest BCUT2D eigenvalue weighted by Crippen LogP contribution is -2.14. The van der Waals surface area contributed by atoms with E-state index in [1.54, 1.807) is 18.3 Å². The Labute approximate surface area is 134 Å². The zero-order valence-corrected chi connectivity index (χ0v) is 13.5. The molecule has 1 aromatic heterocycles. The number of nitrogens with one attached hydrogen (secondary N) is 1. The van der Waals surface area contributed by atoms with Gasteiger partial charge in [-0.25, -0.2) is 4.98 Å². The first-order valence-corrected chi connectivity index (χ1v) is 8.05. The van der Waals surface area contributed by atoms with Gasteiger partial charge in [-0.3, -0.25) is 4.79 Å². The first-order chi connectivity index (χ1) is 10.1. The van der Waals surface area contributed by atoms with E-state index in [0.717, 1.165) is 5.69 Å². The third-order valence-electron chi connectivity index (χ3n) is 2.93. The van der Waals surface area contributed by atoms with Crippen LogP contribution in [-0.2, 0) is 4.79 Å². The van der Waals surface area contributed by atoms with Crippen LogP contribution in [0, 0.1) is 0 Å². The topological polar surface area (TPSA) is 42.0 Å². The fourth-order valence-electron chi connectivity index (χ4n) is 1.76. The molecule has 0 saturated carbocycles. The van der Waals surface area contributed by atoms with Gasteiger partial charge >= 0.3 is 0 Å². The maximum absolute atomic E-state index is 11.9. The summed E-state index contributed by atoms with van der Waals surface area (Å²) in [5, 5.41) is 4.10. The number of nitrogens with zero attached hydrogens (tertiary/aromatic N) is 1. The number of carbonyl (C=O) groups excluding carboxylic acids is 1. The summed E-state index contributed by atoms with van der Waals surface area (Å²) in [6, 6.07) is 11.4. The van der Waals surface area contributed by atoms with Gasteiger partial charge in [-0.05, 0) is 35.7 Å². The van der Waals surface area contributed by atoms with E-state index in [4.69, 9.17) is 11.6 Å². The monoisotopic (exact) mass is 320 g/mol. The molecule has 0 bridgehead atoms. The number of rotatable bonds is 5. The molecule has 0 radical (unpaired) electrons. The smallest absolute Gasteiger partial charge is 0.234 e. The van der Waals surface area contributed by atoms with Gasteiger partial charge in [0.1, 0.15) is 5.03 Å². The van der Waals surface area contributed by atoms with Gasteiger partial charge in [-0.15, -0.1) is 0 Å². The molecule has 0 saturated heterocycles. The van der Waals surface area contributed by atoms with Crippen LogP contribution in [0.2, 0.25) is 5.02 Å². The molecule has 0 fully saturated rings. The Kier molecular flexibility index (Phi) is 5.65. The maximum Gasteiger partial charge on any atom is 0.234 e. The van der Waals surface area contributed by atoms with Crippen molar-refractivity contribution in [3.8, 4) is 0 Å². The Morgan fingerprint density at radius 3 is 2.62 bits per heavy atom. The van der Waals surface area contributed by atoms with Crippen molar-refractivity contribution < 1.29 is 4.79 Å². The van der Waals surface area contributed by atoms with Crippen LogP contribution in [0.15, 0.2) is 47.6 Å². The number of aromatic nitrogens is 1. The van der Waals surface area contributed by atoms with Gasteiger partial charge in [0.15, 0.2) is 0 Å². The molecule has 0 aliphatic heterocycles. The Hall–Kier alpha value is -1.52. The van der Waals surface area contributed by atoms with Crippen LogP contribution in [0.25, 0.3) is 0 Å². The SMILES string of the molecule is CC(C)c1ccc(NC(=O)CSc2ncccc2Cl)cc1. The van der Waals surface area contributed by atoms with E-state index >= 15 is 0 Å². The predicted molar refractivity (Wildman–Crippen MR) is 89.1 cm³/mol. The molecule has 2 aromatic rings. The zero-order chi connectivity index (χ0) is 15.2. The van der Waals surface area contributed by atoms with E-state index in [0.29, 0.717) is 16.0 Å². The number of hydrogen-bond acceptors (Lipinski definition) is 3. The lowest BCUT2D eigenvalue weighted by molar-refractivity contribution is -0.113. The average Bonchev–Trinajstić information content (AvgIpc) is 2.47. The van der Waals surface area contributed by atoms with Crippen molar-refractivity contribution in [1.29, 1.82) is 0 Å². The highest BCUT2D eigenvalue weighted by atomic mass is 35.5. The first-order valence-electron chi connectivity index (χ1n) is 6.69. The minimum absolute atomic E-state index is 0.0704. The minimum atomic E-state index is -0.0704. The lowest BCUT2D eigenvalue weighted by Gasteiger charge is -2.08. The fraction of sp³-hybridized carbons (Fsp3) is 0.250. The van der Waals surface area contributed by atoms with Crippen LogP contribution in [0.3, 0.4) is 0 Å². The molecule has 1 amide bonds. The summed E-state index contributed by atoms with van der Waals surface area (Å²) in [5.74, 6) is 0.693. The van der Waals surface area contributed by atoms with Crippen molar-refractivity contribution >= 4 is 35.0 Å². The van der Waals surface area contributed by atoms with Crippen LogP contribution in [0.4, 0.5) is 5.69 Å². The summed E-state index contributed by atoms with van der Waals surface area (Å²) < 4.78 is 0. The van der Waals surface area contributed by atoms with Gasteiger partial charge in [0.2, 0.25) is 5.91 Å². The number of amides is 1. The van der Waals surface area contributed by atoms with E-state index in [1.165, 1.54) is 17.3 Å². The third kappa shape index (κ3) is 4.76. The fourth-order valence-corrected chi connectivity index (χ4v) is 2.73. The second-order valence-corrected chi connectivity index (χ2v) is 6.28. The quantitative estimate of drug-likeness (QED) is 0.819. The Bertz CT molecular complexity index is 614. The summed E-state index contributed by atoms with van der Waals surface area (Å²) >= 11 is 7.33. The highest BCUT2D eigenvalue weighted by Crippen LogP contribution is 2.24. The van der Waals surface area contributed by atoms with Crippen LogP contribution in [-0.4, -0.2) is 16.6 Å². The average molecular weight is 321 g/mol. The number of carbonyl (C=O) groups is 1. The van der Waals surface area contributed by atoms with Gasteiger partial charge in [-0.2, -0.15) is 0 Å². The Morgan fingerprint density at radius 1 is 1.29 bits per heavy atom. The van der Waals surface area contributed by atoms with Crippen molar-refractivity contribution in [1.82, 2.24) is 4.98 Å². The summed E-state index contributed by atoms with van der Waals surface area (Å²) in [7, 11) is 0. The normalized spacial score (nSPS) is 10.7. The Morgan fingerprint density at radius 2 is 2.00 bits per heavy atom. The lowest BCUT2D eigenvalue weighted by atomic mass is 10.0. The van der Waals surface area contributed by atoms with Gasteiger partial charge in [0.25, 0.3) is 0 Å². The molecule has 0 spiro atoms. The number of anilines is 1. The van der Waals surface area contributed by atoms with Gasteiger partial charge in [0.05, 0.1) is 10.8 Å². The highest BCUT2D eigenvalue weighted by Gasteiger charge is 2.07. The molecule has 3 nitrogen and oxygen atoms in total. The molecule has 0 aliphatic carbocycles. The largest absolute Gasteiger partial charge is 0.325 e. The molecule has 21 heavy (non-hydrogen) atoms. The molecule has 110 valence electrons. The van der Waals surface area contributed by atoms with Gasteiger partial charge in [-0.1, -0.05) is 49.3 Å². The van der Waals surface area contributed by atoms with Crippen LogP contribution in [0.5, 0.6) is 0 Å². The molecule has 1 heterocycles. The van der Waals surface area contributed by atoms with E-state index in [1.807, 2.05) is 24.3 Å². The number of pyridine rings is 1. The van der Waals surface area contributed by atoms with Crippen molar-refractivity contribution in [2.45, 2.75) is 24.8 Å². The highest BCUT2D eigenvalue weighted by molar-refractivity contribution is 8.00. The first kappa shape index (κ1) is 15.9. The van der Waals surface area contributed by atoms with E-state index in [-0.39, 0.29) is 11.7 Å². The molecule has 1 N–H and O–H groups in total. The van der Waals surface area contributed by atoms with Crippen molar-refractivity contribution in [3.63, 3.8) is 0 Å². The van der Waals surface area contributed by atoms with E-state index in [9.17, 15) is 4.79 Å². The standard InChI is InChI=1S/C16H17ClN2OS/c1-11(2)12-5-7-13(8-6-12)19-15(20)10-21-16-14(17)4-3-9-18-16/h3-9,11H,10H2,1-2H3,(H,19,20). The van der Waals surface area contributed by atoms with Gasteiger partial charge < -0.3 is 5.32 Å². The van der Waals surface area contributed by atoms with Gasteiger partial charge in [0, 0.05) is 11.9 Å². The number of hydrogen-bond donors (Lipinski definition) is 1. The molecular weight excluding hydrogens is 304 g/mol. The zero-order valence-electron chi connectivity index (χ0n) is 12.0. The molecule has 0 unspecified atom stereocenters. The van der Waals surface area contributed by atoms with Crippen molar-refractivity contribution in [2.24, 2.45) is 0 Å². The minimum Gasteiger partial charge on any atom is -0.325 e. The summed E-state index contributed by atoms with van der Waals surface area (Å²) in [6.45, 7) is 4.28. The predicted octanol–water partition coefficient (Wildman–Crippen LogP) is 4.59. The molecule has 0 atom stereocenters. The number of halogens is 1. The molecule has 5 heteroatoms. The van der Waals surface area contributed by atoms with Crippen LogP contribution in [0.1, 0.15) is 25.3 Å². The van der Waals surface area contributed by atoms with Crippen molar-refractivity contribution in [2.75, 3.05) is 11.1 Å². The summed E-state index contributed by atoms with van der Waals surface area (Å²) in [5.41, 5.74) is 2.06. The second-order valence-electron chi connectivity index (χ2n) is 4.90. The maximum atomic E-state index is 11.9. The number of benzene rings is 1.